The fourth-order valence-electron chi connectivity index (χ4n) is 0.945. The van der Waals surface area contributed by atoms with Gasteiger partial charge in [0.1, 0.15) is 0 Å². The molecule has 0 bridgehead atoms. The van der Waals surface area contributed by atoms with Gasteiger partial charge in [0.15, 0.2) is 0 Å². The molecule has 1 heteroatoms. The van der Waals surface area contributed by atoms with E-state index < -0.39 is 0 Å². The molecule has 0 aromatic carbocycles. The molecule has 0 saturated carbocycles. The molecule has 1 aliphatic carbocycles. The molecule has 1 rings (SSSR count). The van der Waals surface area contributed by atoms with Crippen LogP contribution in [-0.4, -0.2) is 5.71 Å². The van der Waals surface area contributed by atoms with E-state index in [0.29, 0.717) is 11.6 Å². The van der Waals surface area contributed by atoms with Crippen LogP contribution in [0.15, 0.2) is 24.3 Å². The molecule has 9 heavy (non-hydrogen) atoms. The molecule has 0 radical (unpaired) electrons. The van der Waals surface area contributed by atoms with Gasteiger partial charge in [-0.05, 0) is 24.0 Å². The third-order valence-corrected chi connectivity index (χ3v) is 1.54. The van der Waals surface area contributed by atoms with Crippen LogP contribution in [0.25, 0.3) is 0 Å². The van der Waals surface area contributed by atoms with Crippen molar-refractivity contribution in [1.29, 1.82) is 5.41 Å². The highest BCUT2D eigenvalue weighted by Crippen LogP contribution is 2.17. The van der Waals surface area contributed by atoms with Crippen LogP contribution in [0, 0.1) is 11.3 Å². The quantitative estimate of drug-likeness (QED) is 0.507. The summed E-state index contributed by atoms with van der Waals surface area (Å²) in [4.78, 5) is 0. The van der Waals surface area contributed by atoms with Crippen LogP contribution in [0.1, 0.15) is 13.3 Å². The van der Waals surface area contributed by atoms with Gasteiger partial charge in [0.05, 0.1) is 5.71 Å². The molecule has 0 amide bonds. The van der Waals surface area contributed by atoms with Crippen molar-refractivity contribution in [1.82, 2.24) is 0 Å². The van der Waals surface area contributed by atoms with Crippen LogP contribution in [0.5, 0.6) is 0 Å². The SMILES string of the molecule is C=C1CC(C)C=CC1=N. The summed E-state index contributed by atoms with van der Waals surface area (Å²) in [5.74, 6) is 0.576. The second-order valence-corrected chi connectivity index (χ2v) is 2.56. The Labute approximate surface area is 55.6 Å². The van der Waals surface area contributed by atoms with E-state index in [1.807, 2.05) is 6.08 Å². The first-order chi connectivity index (χ1) is 4.20. The van der Waals surface area contributed by atoms with Crippen LogP contribution in [-0.2, 0) is 0 Å². The smallest absolute Gasteiger partial charge is 0.0563 e. The average Bonchev–Trinajstić information content (AvgIpc) is 1.80. The van der Waals surface area contributed by atoms with E-state index in [1.54, 1.807) is 0 Å². The lowest BCUT2D eigenvalue weighted by molar-refractivity contribution is 0.725. The van der Waals surface area contributed by atoms with Crippen molar-refractivity contribution in [3.8, 4) is 0 Å². The molecule has 0 saturated heterocycles. The molecule has 48 valence electrons. The van der Waals surface area contributed by atoms with Crippen molar-refractivity contribution in [3.63, 3.8) is 0 Å². The number of hydrogen-bond acceptors (Lipinski definition) is 1. The predicted octanol–water partition coefficient (Wildman–Crippen LogP) is 2.16. The van der Waals surface area contributed by atoms with Crippen LogP contribution in [0.3, 0.4) is 0 Å². The molecule has 1 atom stereocenters. The standard InChI is InChI=1S/C8H11N/c1-6-3-4-8(9)7(2)5-6/h3-4,6,9H,2,5H2,1H3. The first-order valence-electron chi connectivity index (χ1n) is 3.15. The number of hydrogen-bond donors (Lipinski definition) is 1. The molecule has 0 aromatic rings. The molecular weight excluding hydrogens is 110 g/mol. The second kappa shape index (κ2) is 2.18. The normalized spacial score (nSPS) is 27.0. The average molecular weight is 121 g/mol. The van der Waals surface area contributed by atoms with E-state index >= 15 is 0 Å². The summed E-state index contributed by atoms with van der Waals surface area (Å²) in [6.45, 7) is 5.90. The lowest BCUT2D eigenvalue weighted by atomic mass is 9.93. The van der Waals surface area contributed by atoms with Crippen molar-refractivity contribution in [2.24, 2.45) is 5.92 Å². The summed E-state index contributed by atoms with van der Waals surface area (Å²) < 4.78 is 0. The van der Waals surface area contributed by atoms with Gasteiger partial charge in [0, 0.05) is 0 Å². The van der Waals surface area contributed by atoms with E-state index in [2.05, 4.69) is 19.6 Å². The zero-order valence-electron chi connectivity index (χ0n) is 5.65. The number of nitrogens with one attached hydrogen (secondary N) is 1. The monoisotopic (exact) mass is 121 g/mol. The Morgan fingerprint density at radius 2 is 2.44 bits per heavy atom. The van der Waals surface area contributed by atoms with E-state index in [1.165, 1.54) is 0 Å². The van der Waals surface area contributed by atoms with Gasteiger partial charge in [-0.3, -0.25) is 0 Å². The third kappa shape index (κ3) is 1.28. The summed E-state index contributed by atoms with van der Waals surface area (Å²) in [7, 11) is 0. The summed E-state index contributed by atoms with van der Waals surface area (Å²) in [6, 6.07) is 0. The minimum Gasteiger partial charge on any atom is -0.301 e. The van der Waals surface area contributed by atoms with Crippen LogP contribution in [0.4, 0.5) is 0 Å². The molecule has 1 nitrogen and oxygen atoms in total. The van der Waals surface area contributed by atoms with Gasteiger partial charge in [-0.1, -0.05) is 19.6 Å². The van der Waals surface area contributed by atoms with Gasteiger partial charge < -0.3 is 5.41 Å². The van der Waals surface area contributed by atoms with Gasteiger partial charge >= 0.3 is 0 Å². The van der Waals surface area contributed by atoms with Crippen LogP contribution >= 0.6 is 0 Å². The molecule has 0 heterocycles. The maximum Gasteiger partial charge on any atom is 0.0563 e. The summed E-state index contributed by atoms with van der Waals surface area (Å²) in [6.07, 6.45) is 4.84. The van der Waals surface area contributed by atoms with E-state index in [-0.39, 0.29) is 0 Å². The molecule has 0 fully saturated rings. The minimum atomic E-state index is 0.576. The van der Waals surface area contributed by atoms with E-state index in [4.69, 9.17) is 5.41 Å². The highest BCUT2D eigenvalue weighted by atomic mass is 14.4. The molecule has 0 aliphatic heterocycles. The molecule has 1 N–H and O–H groups in total. The lowest BCUT2D eigenvalue weighted by Gasteiger charge is -2.13. The molecule has 1 unspecified atom stereocenters. The fourth-order valence-corrected chi connectivity index (χ4v) is 0.945. The third-order valence-electron chi connectivity index (χ3n) is 1.54. The Morgan fingerprint density at radius 1 is 1.78 bits per heavy atom. The lowest BCUT2D eigenvalue weighted by Crippen LogP contribution is -2.06. The maximum atomic E-state index is 7.30. The van der Waals surface area contributed by atoms with Crippen molar-refractivity contribution in [3.05, 3.63) is 24.3 Å². The summed E-state index contributed by atoms with van der Waals surface area (Å²) >= 11 is 0. The van der Waals surface area contributed by atoms with E-state index in [9.17, 15) is 0 Å². The Morgan fingerprint density at radius 3 is 2.89 bits per heavy atom. The zero-order chi connectivity index (χ0) is 6.85. The molecular formula is C8H11N. The predicted molar refractivity (Wildman–Crippen MR) is 39.8 cm³/mol. The van der Waals surface area contributed by atoms with Crippen molar-refractivity contribution in [2.45, 2.75) is 13.3 Å². The Hall–Kier alpha value is -0.850. The van der Waals surface area contributed by atoms with Gasteiger partial charge in [-0.15, -0.1) is 0 Å². The Kier molecular flexibility index (Phi) is 1.52. The van der Waals surface area contributed by atoms with Gasteiger partial charge in [-0.25, -0.2) is 0 Å². The largest absolute Gasteiger partial charge is 0.301 e. The minimum absolute atomic E-state index is 0.576. The van der Waals surface area contributed by atoms with Crippen molar-refractivity contribution < 1.29 is 0 Å². The Bertz CT molecular complexity index is 177. The molecule has 1 aliphatic rings. The van der Waals surface area contributed by atoms with Crippen LogP contribution in [0.2, 0.25) is 0 Å². The second-order valence-electron chi connectivity index (χ2n) is 2.56. The molecule has 0 aromatic heterocycles. The number of rotatable bonds is 0. The Balaban J connectivity index is 2.77. The maximum absolute atomic E-state index is 7.30. The van der Waals surface area contributed by atoms with Crippen LogP contribution < -0.4 is 0 Å². The topological polar surface area (TPSA) is 23.9 Å². The highest BCUT2D eigenvalue weighted by Gasteiger charge is 2.08. The van der Waals surface area contributed by atoms with E-state index in [0.717, 1.165) is 12.0 Å². The first-order valence-corrected chi connectivity index (χ1v) is 3.15. The van der Waals surface area contributed by atoms with Crippen molar-refractivity contribution in [2.75, 3.05) is 0 Å². The molecule has 0 spiro atoms. The van der Waals surface area contributed by atoms with Gasteiger partial charge in [0.2, 0.25) is 0 Å². The zero-order valence-corrected chi connectivity index (χ0v) is 5.65. The van der Waals surface area contributed by atoms with Gasteiger partial charge in [-0.2, -0.15) is 0 Å². The first kappa shape index (κ1) is 6.27. The summed E-state index contributed by atoms with van der Waals surface area (Å²) in [5.41, 5.74) is 1.55. The van der Waals surface area contributed by atoms with Crippen molar-refractivity contribution >= 4 is 5.71 Å². The fraction of sp³-hybridized carbons (Fsp3) is 0.375. The number of allylic oxidation sites excluding steroid dienone is 3. The highest BCUT2D eigenvalue weighted by molar-refractivity contribution is 6.06. The van der Waals surface area contributed by atoms with Gasteiger partial charge in [0.25, 0.3) is 0 Å². The summed E-state index contributed by atoms with van der Waals surface area (Å²) in [5, 5.41) is 7.30.